The molecule has 0 saturated heterocycles. The first kappa shape index (κ1) is 10.7. The van der Waals surface area contributed by atoms with Crippen molar-refractivity contribution >= 4 is 0 Å². The largest absolute Gasteiger partial charge is 0.440 e. The van der Waals surface area contributed by atoms with Gasteiger partial charge >= 0.3 is 0 Å². The summed E-state index contributed by atoms with van der Waals surface area (Å²) in [5.41, 5.74) is 2.85. The Morgan fingerprint density at radius 3 is 2.44 bits per heavy atom. The predicted octanol–water partition coefficient (Wildman–Crippen LogP) is 3.71. The molecule has 0 aliphatic heterocycles. The number of nitrogens with zero attached hydrogens (tertiary/aromatic N) is 2. The van der Waals surface area contributed by atoms with Crippen molar-refractivity contribution < 1.29 is 4.42 Å². The van der Waals surface area contributed by atoms with Gasteiger partial charge < -0.3 is 4.42 Å². The van der Waals surface area contributed by atoms with E-state index in [-0.39, 0.29) is 0 Å². The minimum absolute atomic E-state index is 0.660. The Morgan fingerprint density at radius 1 is 0.944 bits per heavy atom. The SMILES string of the molecule is Cc1nc(-c2ccccc2)c(-c2cccnc2)o1. The molecule has 0 radical (unpaired) electrons. The molecule has 0 N–H and O–H groups in total. The highest BCUT2D eigenvalue weighted by atomic mass is 16.4. The molecule has 1 aromatic carbocycles. The van der Waals surface area contributed by atoms with Crippen molar-refractivity contribution in [2.45, 2.75) is 6.92 Å². The maximum Gasteiger partial charge on any atom is 0.192 e. The van der Waals surface area contributed by atoms with Crippen LogP contribution < -0.4 is 0 Å². The Labute approximate surface area is 105 Å². The summed E-state index contributed by atoms with van der Waals surface area (Å²) in [6.07, 6.45) is 3.53. The fraction of sp³-hybridized carbons (Fsp3) is 0.0667. The molecule has 2 heterocycles. The molecule has 3 heteroatoms. The summed E-state index contributed by atoms with van der Waals surface area (Å²) in [4.78, 5) is 8.58. The van der Waals surface area contributed by atoms with E-state index in [1.165, 1.54) is 0 Å². The van der Waals surface area contributed by atoms with Crippen molar-refractivity contribution in [3.8, 4) is 22.6 Å². The van der Waals surface area contributed by atoms with Gasteiger partial charge in [-0.2, -0.15) is 0 Å². The van der Waals surface area contributed by atoms with Crippen LogP contribution in [-0.2, 0) is 0 Å². The average molecular weight is 236 g/mol. The molecule has 0 atom stereocenters. The maximum absolute atomic E-state index is 5.70. The van der Waals surface area contributed by atoms with Gasteiger partial charge in [0.15, 0.2) is 11.7 Å². The van der Waals surface area contributed by atoms with Crippen LogP contribution in [0.15, 0.2) is 59.3 Å². The van der Waals surface area contributed by atoms with Gasteiger partial charge in [-0.25, -0.2) is 4.98 Å². The van der Waals surface area contributed by atoms with Gasteiger partial charge in [0.05, 0.1) is 0 Å². The molecular formula is C15H12N2O. The van der Waals surface area contributed by atoms with E-state index in [2.05, 4.69) is 9.97 Å². The van der Waals surface area contributed by atoms with Crippen LogP contribution >= 0.6 is 0 Å². The summed E-state index contributed by atoms with van der Waals surface area (Å²) < 4.78 is 5.70. The van der Waals surface area contributed by atoms with Crippen molar-refractivity contribution in [2.24, 2.45) is 0 Å². The van der Waals surface area contributed by atoms with Crippen molar-refractivity contribution in [3.63, 3.8) is 0 Å². The van der Waals surface area contributed by atoms with Crippen LogP contribution in [0.5, 0.6) is 0 Å². The van der Waals surface area contributed by atoms with E-state index < -0.39 is 0 Å². The lowest BCUT2D eigenvalue weighted by Crippen LogP contribution is -1.82. The van der Waals surface area contributed by atoms with Gasteiger partial charge in [-0.15, -0.1) is 0 Å². The maximum atomic E-state index is 5.70. The molecule has 0 saturated carbocycles. The molecule has 0 bridgehead atoms. The molecule has 0 amide bonds. The molecule has 0 aliphatic rings. The van der Waals surface area contributed by atoms with Gasteiger partial charge in [-0.1, -0.05) is 30.3 Å². The van der Waals surface area contributed by atoms with Crippen LogP contribution in [0, 0.1) is 6.92 Å². The van der Waals surface area contributed by atoms with E-state index >= 15 is 0 Å². The van der Waals surface area contributed by atoms with Crippen LogP contribution in [0.2, 0.25) is 0 Å². The second-order valence-corrected chi connectivity index (χ2v) is 4.02. The number of hydrogen-bond acceptors (Lipinski definition) is 3. The third-order valence-electron chi connectivity index (χ3n) is 2.71. The standard InChI is InChI=1S/C15H12N2O/c1-11-17-14(12-6-3-2-4-7-12)15(18-11)13-8-5-9-16-10-13/h2-10H,1H3. The summed E-state index contributed by atoms with van der Waals surface area (Å²) in [7, 11) is 0. The van der Waals surface area contributed by atoms with E-state index in [0.29, 0.717) is 5.89 Å². The smallest absolute Gasteiger partial charge is 0.192 e. The number of hydrogen-bond donors (Lipinski definition) is 0. The molecule has 18 heavy (non-hydrogen) atoms. The quantitative estimate of drug-likeness (QED) is 0.680. The van der Waals surface area contributed by atoms with Crippen LogP contribution in [0.3, 0.4) is 0 Å². The lowest BCUT2D eigenvalue weighted by Gasteiger charge is -2.00. The van der Waals surface area contributed by atoms with Gasteiger partial charge in [0, 0.05) is 30.4 Å². The zero-order valence-electron chi connectivity index (χ0n) is 10.00. The Morgan fingerprint density at radius 2 is 1.72 bits per heavy atom. The lowest BCUT2D eigenvalue weighted by molar-refractivity contribution is 0.534. The Balaban J connectivity index is 2.17. The van der Waals surface area contributed by atoms with Gasteiger partial charge in [0.25, 0.3) is 0 Å². The minimum atomic E-state index is 0.660. The minimum Gasteiger partial charge on any atom is -0.440 e. The average Bonchev–Trinajstić information content (AvgIpc) is 2.83. The van der Waals surface area contributed by atoms with Crippen molar-refractivity contribution in [2.75, 3.05) is 0 Å². The van der Waals surface area contributed by atoms with Gasteiger partial charge in [0.1, 0.15) is 5.69 Å². The first-order valence-corrected chi connectivity index (χ1v) is 5.78. The predicted molar refractivity (Wildman–Crippen MR) is 69.9 cm³/mol. The Kier molecular flexibility index (Phi) is 2.65. The van der Waals surface area contributed by atoms with Crippen molar-refractivity contribution in [3.05, 3.63) is 60.7 Å². The molecule has 3 aromatic rings. The van der Waals surface area contributed by atoms with Gasteiger partial charge in [-0.05, 0) is 12.1 Å². The highest BCUT2D eigenvalue weighted by Gasteiger charge is 2.14. The van der Waals surface area contributed by atoms with Crippen LogP contribution in [0.1, 0.15) is 5.89 Å². The number of rotatable bonds is 2. The Hall–Kier alpha value is -2.42. The summed E-state index contributed by atoms with van der Waals surface area (Å²) in [6, 6.07) is 13.9. The van der Waals surface area contributed by atoms with E-state index in [4.69, 9.17) is 4.42 Å². The topological polar surface area (TPSA) is 38.9 Å². The third-order valence-corrected chi connectivity index (χ3v) is 2.71. The molecule has 88 valence electrons. The van der Waals surface area contributed by atoms with Crippen LogP contribution in [0.4, 0.5) is 0 Å². The molecule has 3 rings (SSSR count). The number of benzene rings is 1. The van der Waals surface area contributed by atoms with Gasteiger partial charge in [-0.3, -0.25) is 4.98 Å². The second kappa shape index (κ2) is 4.45. The van der Waals surface area contributed by atoms with Crippen LogP contribution in [-0.4, -0.2) is 9.97 Å². The second-order valence-electron chi connectivity index (χ2n) is 4.02. The zero-order valence-corrected chi connectivity index (χ0v) is 10.00. The zero-order chi connectivity index (χ0) is 12.4. The lowest BCUT2D eigenvalue weighted by atomic mass is 10.1. The van der Waals surface area contributed by atoms with E-state index in [0.717, 1.165) is 22.6 Å². The fourth-order valence-corrected chi connectivity index (χ4v) is 1.91. The van der Waals surface area contributed by atoms with E-state index in [1.54, 1.807) is 12.4 Å². The fourth-order valence-electron chi connectivity index (χ4n) is 1.91. The summed E-state index contributed by atoms with van der Waals surface area (Å²) >= 11 is 0. The van der Waals surface area contributed by atoms with E-state index in [9.17, 15) is 0 Å². The summed E-state index contributed by atoms with van der Waals surface area (Å²) in [5.74, 6) is 1.43. The van der Waals surface area contributed by atoms with Crippen LogP contribution in [0.25, 0.3) is 22.6 Å². The number of oxazole rings is 1. The highest BCUT2D eigenvalue weighted by molar-refractivity contribution is 5.76. The normalized spacial score (nSPS) is 10.5. The third kappa shape index (κ3) is 1.91. The molecule has 0 aliphatic carbocycles. The summed E-state index contributed by atoms with van der Waals surface area (Å²) in [5, 5.41) is 0. The first-order chi connectivity index (χ1) is 8.84. The number of aryl methyl sites for hydroxylation is 1. The number of pyridine rings is 1. The highest BCUT2D eigenvalue weighted by Crippen LogP contribution is 2.31. The molecule has 0 spiro atoms. The van der Waals surface area contributed by atoms with Crippen molar-refractivity contribution in [1.82, 2.24) is 9.97 Å². The molecule has 0 unspecified atom stereocenters. The summed E-state index contributed by atoms with van der Waals surface area (Å²) in [6.45, 7) is 1.85. The Bertz CT molecular complexity index is 588. The number of aromatic nitrogens is 2. The molecule has 0 fully saturated rings. The molecule has 2 aromatic heterocycles. The van der Waals surface area contributed by atoms with Gasteiger partial charge in [0.2, 0.25) is 0 Å². The monoisotopic (exact) mass is 236 g/mol. The first-order valence-electron chi connectivity index (χ1n) is 5.78. The molecular weight excluding hydrogens is 224 g/mol. The van der Waals surface area contributed by atoms with E-state index in [1.807, 2.05) is 49.4 Å². The van der Waals surface area contributed by atoms with Crippen molar-refractivity contribution in [1.29, 1.82) is 0 Å². The molecule has 3 nitrogen and oxygen atoms in total.